The molecule has 0 aliphatic heterocycles. The van der Waals surface area contributed by atoms with Crippen molar-refractivity contribution in [1.29, 1.82) is 0 Å². The Morgan fingerprint density at radius 1 is 1.32 bits per heavy atom. The lowest BCUT2D eigenvalue weighted by molar-refractivity contribution is -0.385. The Kier molecular flexibility index (Phi) is 5.13. The number of nitrogens with zero attached hydrogens (tertiary/aromatic N) is 3. The quantitative estimate of drug-likeness (QED) is 0.285. The van der Waals surface area contributed by atoms with Crippen molar-refractivity contribution in [1.82, 2.24) is 15.4 Å². The van der Waals surface area contributed by atoms with Crippen molar-refractivity contribution in [3.63, 3.8) is 0 Å². The zero-order chi connectivity index (χ0) is 20.3. The van der Waals surface area contributed by atoms with Crippen molar-refractivity contribution in [2.75, 3.05) is 0 Å². The standard InChI is InChI=1S/C16H11N5O6S/c22-12-6-13(23)11(21(26)27)4-8(12)7-17-20-15(24)10-5-9(18-16(25)19-10)14-2-1-3-28-14/h1-7,22-23H,(H,20,24)(H,18,19,25)/b17-7+. The van der Waals surface area contributed by atoms with Crippen LogP contribution in [0.4, 0.5) is 5.69 Å². The number of benzene rings is 1. The van der Waals surface area contributed by atoms with Crippen molar-refractivity contribution in [2.24, 2.45) is 5.10 Å². The van der Waals surface area contributed by atoms with Crippen molar-refractivity contribution in [3.05, 3.63) is 67.6 Å². The second-order valence-electron chi connectivity index (χ2n) is 5.32. The van der Waals surface area contributed by atoms with E-state index in [0.29, 0.717) is 5.69 Å². The molecule has 1 amide bonds. The summed E-state index contributed by atoms with van der Waals surface area (Å²) in [5, 5.41) is 35.4. The number of aromatic nitrogens is 2. The molecule has 0 bridgehead atoms. The normalized spacial score (nSPS) is 10.9. The fourth-order valence-electron chi connectivity index (χ4n) is 2.19. The topological polar surface area (TPSA) is 171 Å². The molecule has 3 rings (SSSR count). The van der Waals surface area contributed by atoms with Crippen LogP contribution in [0.2, 0.25) is 0 Å². The molecule has 12 heteroatoms. The first-order chi connectivity index (χ1) is 13.3. The van der Waals surface area contributed by atoms with E-state index in [4.69, 9.17) is 0 Å². The highest BCUT2D eigenvalue weighted by Gasteiger charge is 2.17. The van der Waals surface area contributed by atoms with Gasteiger partial charge in [0.05, 0.1) is 21.7 Å². The number of rotatable bonds is 5. The summed E-state index contributed by atoms with van der Waals surface area (Å²) in [6, 6.07) is 6.59. The number of phenolic OH excluding ortho intramolecular Hbond substituents is 2. The SMILES string of the molecule is O=C(N/N=C/c1cc([N+](=O)[O-])c(O)cc1O)c1cc(-c2cccs2)[nH]c(=O)n1. The minimum atomic E-state index is -0.836. The van der Waals surface area contributed by atoms with Crippen LogP contribution in [0.3, 0.4) is 0 Å². The molecule has 28 heavy (non-hydrogen) atoms. The Balaban J connectivity index is 1.80. The van der Waals surface area contributed by atoms with Gasteiger partial charge in [0.1, 0.15) is 11.4 Å². The van der Waals surface area contributed by atoms with Gasteiger partial charge >= 0.3 is 11.4 Å². The van der Waals surface area contributed by atoms with Crippen LogP contribution in [0.1, 0.15) is 16.1 Å². The van der Waals surface area contributed by atoms with Gasteiger partial charge < -0.3 is 15.2 Å². The van der Waals surface area contributed by atoms with Gasteiger partial charge in [-0.3, -0.25) is 14.9 Å². The molecular weight excluding hydrogens is 390 g/mol. The number of aromatic hydroxyl groups is 2. The first-order valence-corrected chi connectivity index (χ1v) is 8.42. The molecule has 0 aliphatic carbocycles. The molecule has 0 fully saturated rings. The van der Waals surface area contributed by atoms with Gasteiger partial charge in [-0.15, -0.1) is 11.3 Å². The van der Waals surface area contributed by atoms with Gasteiger partial charge in [0.2, 0.25) is 0 Å². The average molecular weight is 401 g/mol. The summed E-state index contributed by atoms with van der Waals surface area (Å²) in [6.07, 6.45) is 0.951. The monoisotopic (exact) mass is 401 g/mol. The molecular formula is C16H11N5O6S. The summed E-state index contributed by atoms with van der Waals surface area (Å²) in [6.45, 7) is 0. The number of carbonyl (C=O) groups is 1. The van der Waals surface area contributed by atoms with Crippen LogP contribution in [-0.4, -0.2) is 37.2 Å². The van der Waals surface area contributed by atoms with Gasteiger partial charge in [0.15, 0.2) is 5.75 Å². The van der Waals surface area contributed by atoms with Crippen molar-refractivity contribution < 1.29 is 19.9 Å². The molecule has 0 atom stereocenters. The number of hydrogen-bond acceptors (Lipinski definition) is 9. The zero-order valence-corrected chi connectivity index (χ0v) is 14.6. The fraction of sp³-hybridized carbons (Fsp3) is 0. The van der Waals surface area contributed by atoms with Crippen LogP contribution in [0, 0.1) is 10.1 Å². The maximum atomic E-state index is 12.2. The number of nitro benzene ring substituents is 1. The number of aromatic amines is 1. The number of H-pyrrole nitrogens is 1. The third kappa shape index (κ3) is 4.02. The van der Waals surface area contributed by atoms with E-state index in [9.17, 15) is 29.9 Å². The van der Waals surface area contributed by atoms with E-state index in [2.05, 4.69) is 20.5 Å². The smallest absolute Gasteiger partial charge is 0.346 e. The Morgan fingerprint density at radius 2 is 2.11 bits per heavy atom. The number of amides is 1. The molecule has 0 saturated heterocycles. The largest absolute Gasteiger partial charge is 0.507 e. The zero-order valence-electron chi connectivity index (χ0n) is 13.8. The number of hydrazone groups is 1. The molecule has 4 N–H and O–H groups in total. The summed E-state index contributed by atoms with van der Waals surface area (Å²) < 4.78 is 0. The molecule has 0 spiro atoms. The Labute approximate surface area is 159 Å². The summed E-state index contributed by atoms with van der Waals surface area (Å²) >= 11 is 1.36. The third-order valence-corrected chi connectivity index (χ3v) is 4.36. The van der Waals surface area contributed by atoms with Crippen LogP contribution in [0.25, 0.3) is 10.6 Å². The molecule has 1 aromatic carbocycles. The van der Waals surface area contributed by atoms with Crippen molar-refractivity contribution >= 4 is 29.1 Å². The van der Waals surface area contributed by atoms with E-state index in [1.54, 1.807) is 17.5 Å². The van der Waals surface area contributed by atoms with Gasteiger partial charge in [-0.1, -0.05) is 6.07 Å². The molecule has 0 radical (unpaired) electrons. The number of nitrogens with one attached hydrogen (secondary N) is 2. The van der Waals surface area contributed by atoms with Crippen LogP contribution in [0.5, 0.6) is 11.5 Å². The van der Waals surface area contributed by atoms with E-state index >= 15 is 0 Å². The molecule has 11 nitrogen and oxygen atoms in total. The predicted octanol–water partition coefficient (Wildman–Crippen LogP) is 1.58. The van der Waals surface area contributed by atoms with Gasteiger partial charge in [-0.05, 0) is 17.5 Å². The van der Waals surface area contributed by atoms with E-state index in [1.165, 1.54) is 17.4 Å². The van der Waals surface area contributed by atoms with Gasteiger partial charge in [-0.2, -0.15) is 10.1 Å². The highest BCUT2D eigenvalue weighted by Crippen LogP contribution is 2.31. The maximum absolute atomic E-state index is 12.2. The summed E-state index contributed by atoms with van der Waals surface area (Å²) in [7, 11) is 0. The number of thiophene rings is 1. The fourth-order valence-corrected chi connectivity index (χ4v) is 2.89. The lowest BCUT2D eigenvalue weighted by Crippen LogP contribution is -2.24. The lowest BCUT2D eigenvalue weighted by atomic mass is 10.2. The Bertz CT molecular complexity index is 1140. The average Bonchev–Trinajstić information content (AvgIpc) is 3.17. The molecule has 0 aliphatic rings. The molecule has 3 aromatic rings. The first-order valence-electron chi connectivity index (χ1n) is 7.54. The van der Waals surface area contributed by atoms with Crippen molar-refractivity contribution in [3.8, 4) is 22.1 Å². The van der Waals surface area contributed by atoms with Gasteiger partial charge in [-0.25, -0.2) is 10.2 Å². The molecule has 0 saturated carbocycles. The van der Waals surface area contributed by atoms with Crippen LogP contribution in [-0.2, 0) is 0 Å². The first kappa shape index (κ1) is 18.7. The van der Waals surface area contributed by atoms with Crippen LogP contribution >= 0.6 is 11.3 Å². The second-order valence-corrected chi connectivity index (χ2v) is 6.27. The minimum Gasteiger partial charge on any atom is -0.507 e. The highest BCUT2D eigenvalue weighted by molar-refractivity contribution is 7.13. The lowest BCUT2D eigenvalue weighted by Gasteiger charge is -2.03. The Hall–Kier alpha value is -4.06. The highest BCUT2D eigenvalue weighted by atomic mass is 32.1. The summed E-state index contributed by atoms with van der Waals surface area (Å²) in [5.41, 5.74) is 0.875. The minimum absolute atomic E-state index is 0.108. The summed E-state index contributed by atoms with van der Waals surface area (Å²) in [4.78, 5) is 40.7. The van der Waals surface area contributed by atoms with E-state index in [-0.39, 0.29) is 11.3 Å². The van der Waals surface area contributed by atoms with Gasteiger partial charge in [0, 0.05) is 17.7 Å². The number of carbonyl (C=O) groups excluding carboxylic acids is 1. The van der Waals surface area contributed by atoms with E-state index in [1.807, 2.05) is 0 Å². The van der Waals surface area contributed by atoms with E-state index in [0.717, 1.165) is 23.2 Å². The predicted molar refractivity (Wildman–Crippen MR) is 99.7 cm³/mol. The molecule has 2 heterocycles. The number of hydrogen-bond donors (Lipinski definition) is 4. The van der Waals surface area contributed by atoms with E-state index < -0.39 is 33.7 Å². The number of nitro groups is 1. The molecule has 142 valence electrons. The van der Waals surface area contributed by atoms with Gasteiger partial charge in [0.25, 0.3) is 5.91 Å². The second kappa shape index (κ2) is 7.67. The maximum Gasteiger partial charge on any atom is 0.346 e. The number of phenols is 2. The van der Waals surface area contributed by atoms with Crippen LogP contribution in [0.15, 0.2) is 45.6 Å². The third-order valence-electron chi connectivity index (χ3n) is 3.45. The molecule has 0 unspecified atom stereocenters. The molecule has 2 aromatic heterocycles. The van der Waals surface area contributed by atoms with Crippen molar-refractivity contribution in [2.45, 2.75) is 0 Å². The summed E-state index contributed by atoms with van der Waals surface area (Å²) in [5.74, 6) is -1.99. The van der Waals surface area contributed by atoms with Crippen LogP contribution < -0.4 is 11.1 Å². The Morgan fingerprint density at radius 3 is 2.79 bits per heavy atom.